The van der Waals surface area contributed by atoms with Crippen LogP contribution >= 0.6 is 10.3 Å². The summed E-state index contributed by atoms with van der Waals surface area (Å²) in [6.45, 7) is 2.96. The van der Waals surface area contributed by atoms with Crippen molar-refractivity contribution in [1.82, 2.24) is 4.72 Å². The summed E-state index contributed by atoms with van der Waals surface area (Å²) >= 11 is 0. The molecule has 7 heteroatoms. The van der Waals surface area contributed by atoms with E-state index in [1.54, 1.807) is 0 Å². The molecule has 0 radical (unpaired) electrons. The fraction of sp³-hybridized carbons (Fsp3) is 1.00. The minimum Gasteiger partial charge on any atom is -0.378 e. The third kappa shape index (κ3) is 8.16. The van der Waals surface area contributed by atoms with Crippen LogP contribution in [0.5, 0.6) is 0 Å². The first-order valence-electron chi connectivity index (χ1n) is 10.0. The fourth-order valence-electron chi connectivity index (χ4n) is 3.72. The summed E-state index contributed by atoms with van der Waals surface area (Å²) in [5.74, 6) is 1.64. The van der Waals surface area contributed by atoms with Gasteiger partial charge in [0.15, 0.2) is 0 Å². The van der Waals surface area contributed by atoms with E-state index in [1.165, 1.54) is 19.3 Å². The average molecular weight is 396 g/mol. The third-order valence-electron chi connectivity index (χ3n) is 5.41. The molecule has 2 rings (SSSR count). The molecule has 2 unspecified atom stereocenters. The Kier molecular flexibility index (Phi) is 9.02. The Hall–Kier alpha value is 0.180. The maximum Gasteiger partial charge on any atom is 0.345 e. The van der Waals surface area contributed by atoms with Crippen LogP contribution in [0.1, 0.15) is 77.6 Å². The zero-order chi connectivity index (χ0) is 18.2. The molecule has 0 aromatic carbocycles. The monoisotopic (exact) mass is 395 g/mol. The Bertz CT molecular complexity index is 473. The molecule has 2 atom stereocenters. The first-order valence-corrected chi connectivity index (χ1v) is 13.7. The van der Waals surface area contributed by atoms with Crippen molar-refractivity contribution in [1.29, 1.82) is 0 Å². The van der Waals surface area contributed by atoms with Gasteiger partial charge in [-0.2, -0.15) is 13.1 Å². The van der Waals surface area contributed by atoms with Gasteiger partial charge in [-0.15, -0.1) is 10.3 Å². The Morgan fingerprint density at radius 1 is 1.04 bits per heavy atom. The van der Waals surface area contributed by atoms with Crippen LogP contribution in [0.3, 0.4) is 0 Å². The van der Waals surface area contributed by atoms with Gasteiger partial charge in [0.05, 0.1) is 6.10 Å². The van der Waals surface area contributed by atoms with E-state index in [0.717, 1.165) is 69.5 Å². The molecule has 0 amide bonds. The van der Waals surface area contributed by atoms with Gasteiger partial charge in [-0.05, 0) is 50.5 Å². The standard InChI is InChI=1S/C18H37NO4S2/c1-3-24(2,16-9-5-8-13-18-14-10-15-22-18)23-25(20,21)19-17-11-6-4-7-12-17/h17-19H,3-16H2,1-2H3. The van der Waals surface area contributed by atoms with Crippen molar-refractivity contribution < 1.29 is 16.8 Å². The molecular weight excluding hydrogens is 358 g/mol. The number of hydrogen-bond acceptors (Lipinski definition) is 4. The predicted octanol–water partition coefficient (Wildman–Crippen LogP) is 4.28. The summed E-state index contributed by atoms with van der Waals surface area (Å²) in [5, 5.41) is 0. The lowest BCUT2D eigenvalue weighted by molar-refractivity contribution is 0.102. The van der Waals surface area contributed by atoms with Crippen LogP contribution in [0.15, 0.2) is 0 Å². The first kappa shape index (κ1) is 21.5. The van der Waals surface area contributed by atoms with Gasteiger partial charge >= 0.3 is 10.3 Å². The molecule has 1 saturated carbocycles. The first-order chi connectivity index (χ1) is 11.9. The molecule has 1 N–H and O–H groups in total. The van der Waals surface area contributed by atoms with E-state index in [0.29, 0.717) is 6.10 Å². The molecule has 2 fully saturated rings. The number of nitrogens with one attached hydrogen (secondary N) is 1. The van der Waals surface area contributed by atoms with Crippen LogP contribution in [-0.2, 0) is 18.7 Å². The lowest BCUT2D eigenvalue weighted by Gasteiger charge is -2.34. The zero-order valence-electron chi connectivity index (χ0n) is 16.0. The maximum absolute atomic E-state index is 12.4. The highest BCUT2D eigenvalue weighted by atomic mass is 32.3. The van der Waals surface area contributed by atoms with Crippen LogP contribution in [0.4, 0.5) is 0 Å². The molecule has 1 saturated heterocycles. The Balaban J connectivity index is 1.69. The Labute approximate surface area is 156 Å². The molecule has 0 spiro atoms. The third-order valence-corrected chi connectivity index (χ3v) is 10.4. The van der Waals surface area contributed by atoms with E-state index < -0.39 is 20.6 Å². The summed E-state index contributed by atoms with van der Waals surface area (Å²) < 4.78 is 38.9. The summed E-state index contributed by atoms with van der Waals surface area (Å²) in [6, 6.07) is 0.0608. The smallest absolute Gasteiger partial charge is 0.345 e. The number of unbranched alkanes of at least 4 members (excludes halogenated alkanes) is 2. The number of ether oxygens (including phenoxy) is 1. The normalized spacial score (nSPS) is 26.4. The highest BCUT2D eigenvalue weighted by Crippen LogP contribution is 2.47. The molecule has 0 aromatic heterocycles. The SMILES string of the molecule is CCS(C)(CCCCCC1CCCO1)OS(=O)(=O)NC1CCCCC1. The van der Waals surface area contributed by atoms with E-state index in [1.807, 2.05) is 13.2 Å². The van der Waals surface area contributed by atoms with Crippen LogP contribution < -0.4 is 4.72 Å². The van der Waals surface area contributed by atoms with E-state index in [9.17, 15) is 8.42 Å². The van der Waals surface area contributed by atoms with Gasteiger partial charge in [-0.25, -0.2) is 3.63 Å². The highest BCUT2D eigenvalue weighted by molar-refractivity contribution is 8.32. The molecule has 0 bridgehead atoms. The average Bonchev–Trinajstić information content (AvgIpc) is 3.08. The van der Waals surface area contributed by atoms with Crippen molar-refractivity contribution in [3.8, 4) is 0 Å². The highest BCUT2D eigenvalue weighted by Gasteiger charge is 2.28. The number of hydrogen-bond donors (Lipinski definition) is 1. The van der Waals surface area contributed by atoms with Crippen LogP contribution in [-0.4, -0.2) is 44.9 Å². The molecule has 25 heavy (non-hydrogen) atoms. The molecule has 5 nitrogen and oxygen atoms in total. The topological polar surface area (TPSA) is 64.6 Å². The summed E-state index contributed by atoms with van der Waals surface area (Å²) in [5.41, 5.74) is 0. The van der Waals surface area contributed by atoms with Crippen molar-refractivity contribution in [2.45, 2.75) is 89.7 Å². The molecular formula is C18H37NO4S2. The molecule has 1 aliphatic heterocycles. The largest absolute Gasteiger partial charge is 0.378 e. The van der Waals surface area contributed by atoms with E-state index in [2.05, 4.69) is 4.72 Å². The summed E-state index contributed by atoms with van der Waals surface area (Å²) in [4.78, 5) is 0. The lowest BCUT2D eigenvalue weighted by atomic mass is 9.96. The Morgan fingerprint density at radius 3 is 2.44 bits per heavy atom. The van der Waals surface area contributed by atoms with Crippen molar-refractivity contribution in [2.75, 3.05) is 24.4 Å². The molecule has 0 aromatic rings. The zero-order valence-corrected chi connectivity index (χ0v) is 17.6. The summed E-state index contributed by atoms with van der Waals surface area (Å²) in [7, 11) is -5.21. The van der Waals surface area contributed by atoms with Gasteiger partial charge in [0, 0.05) is 18.4 Å². The van der Waals surface area contributed by atoms with Crippen molar-refractivity contribution in [2.24, 2.45) is 0 Å². The molecule has 1 aliphatic carbocycles. The quantitative estimate of drug-likeness (QED) is 0.530. The molecule has 150 valence electrons. The van der Waals surface area contributed by atoms with Crippen LogP contribution in [0.2, 0.25) is 0 Å². The predicted molar refractivity (Wildman–Crippen MR) is 106 cm³/mol. The van der Waals surface area contributed by atoms with Crippen molar-refractivity contribution in [3.63, 3.8) is 0 Å². The van der Waals surface area contributed by atoms with Crippen LogP contribution in [0.25, 0.3) is 0 Å². The second-order valence-electron chi connectivity index (χ2n) is 7.64. The molecule has 2 aliphatic rings. The summed E-state index contributed by atoms with van der Waals surface area (Å²) in [6.07, 6.45) is 14.6. The van der Waals surface area contributed by atoms with Gasteiger partial charge < -0.3 is 4.74 Å². The van der Waals surface area contributed by atoms with Crippen molar-refractivity contribution in [3.05, 3.63) is 0 Å². The number of rotatable bonds is 11. The second-order valence-corrected chi connectivity index (χ2v) is 12.7. The minimum atomic E-state index is -3.64. The van der Waals surface area contributed by atoms with Crippen molar-refractivity contribution >= 4 is 20.6 Å². The Morgan fingerprint density at radius 2 is 1.80 bits per heavy atom. The van der Waals surface area contributed by atoms with E-state index in [4.69, 9.17) is 8.37 Å². The van der Waals surface area contributed by atoms with E-state index in [-0.39, 0.29) is 6.04 Å². The lowest BCUT2D eigenvalue weighted by Crippen LogP contribution is -2.38. The fourth-order valence-corrected chi connectivity index (χ4v) is 8.01. The second kappa shape index (κ2) is 10.5. The van der Waals surface area contributed by atoms with Crippen LogP contribution in [0, 0.1) is 0 Å². The van der Waals surface area contributed by atoms with Gasteiger partial charge in [0.1, 0.15) is 0 Å². The van der Waals surface area contributed by atoms with E-state index >= 15 is 0 Å². The van der Waals surface area contributed by atoms with Gasteiger partial charge in [0.25, 0.3) is 0 Å². The van der Waals surface area contributed by atoms with Gasteiger partial charge in [-0.1, -0.05) is 39.0 Å². The maximum atomic E-state index is 12.4. The van der Waals surface area contributed by atoms with Gasteiger partial charge in [-0.3, -0.25) is 0 Å². The molecule has 1 heterocycles. The van der Waals surface area contributed by atoms with Gasteiger partial charge in [0.2, 0.25) is 0 Å². The minimum absolute atomic E-state index is 0.0608.